The van der Waals surface area contributed by atoms with Crippen LogP contribution >= 0.6 is 0 Å². The lowest BCUT2D eigenvalue weighted by Crippen LogP contribution is -2.52. The van der Waals surface area contributed by atoms with Crippen molar-refractivity contribution in [3.8, 4) is 0 Å². The van der Waals surface area contributed by atoms with Gasteiger partial charge in [-0.05, 0) is 18.8 Å². The Morgan fingerprint density at radius 1 is 1.50 bits per heavy atom. The number of carbonyl (C=O) groups excluding carboxylic acids is 1. The van der Waals surface area contributed by atoms with E-state index in [1.54, 1.807) is 0 Å². The van der Waals surface area contributed by atoms with Crippen molar-refractivity contribution in [3.05, 3.63) is 0 Å². The smallest absolute Gasteiger partial charge is 0.240 e. The van der Waals surface area contributed by atoms with Gasteiger partial charge in [-0.1, -0.05) is 33.1 Å². The van der Waals surface area contributed by atoms with Crippen LogP contribution in [0.3, 0.4) is 0 Å². The number of amides is 1. The zero-order chi connectivity index (χ0) is 10.6. The highest BCUT2D eigenvalue weighted by molar-refractivity contribution is 5.86. The second-order valence-corrected chi connectivity index (χ2v) is 4.59. The molecule has 0 aromatic carbocycles. The van der Waals surface area contributed by atoms with Gasteiger partial charge in [0.2, 0.25) is 5.91 Å². The van der Waals surface area contributed by atoms with Crippen molar-refractivity contribution in [2.75, 3.05) is 6.54 Å². The van der Waals surface area contributed by atoms with E-state index in [9.17, 15) is 4.79 Å². The van der Waals surface area contributed by atoms with Crippen molar-refractivity contribution < 1.29 is 4.79 Å². The van der Waals surface area contributed by atoms with Gasteiger partial charge in [0.25, 0.3) is 0 Å². The van der Waals surface area contributed by atoms with Gasteiger partial charge in [-0.3, -0.25) is 4.79 Å². The number of hydrogen-bond donors (Lipinski definition) is 2. The van der Waals surface area contributed by atoms with Crippen molar-refractivity contribution in [3.63, 3.8) is 0 Å². The number of carbonyl (C=O) groups is 1. The third-order valence-electron chi connectivity index (χ3n) is 3.26. The van der Waals surface area contributed by atoms with E-state index in [1.807, 2.05) is 0 Å². The van der Waals surface area contributed by atoms with E-state index in [1.165, 1.54) is 0 Å². The van der Waals surface area contributed by atoms with E-state index in [0.717, 1.165) is 38.6 Å². The molecule has 3 nitrogen and oxygen atoms in total. The van der Waals surface area contributed by atoms with Crippen LogP contribution in [0.2, 0.25) is 0 Å². The number of nitrogens with one attached hydrogen (secondary N) is 1. The highest BCUT2D eigenvalue weighted by Crippen LogP contribution is 2.27. The van der Waals surface area contributed by atoms with Gasteiger partial charge >= 0.3 is 0 Å². The number of nitrogens with two attached hydrogens (primary N) is 1. The Hall–Kier alpha value is -0.570. The van der Waals surface area contributed by atoms with Crippen LogP contribution in [0, 0.1) is 5.92 Å². The summed E-state index contributed by atoms with van der Waals surface area (Å²) in [5, 5.41) is 2.95. The Bertz CT molecular complexity index is 197. The summed E-state index contributed by atoms with van der Waals surface area (Å²) in [6.45, 7) is 5.02. The van der Waals surface area contributed by atoms with Crippen LogP contribution in [0.15, 0.2) is 0 Å². The van der Waals surface area contributed by atoms with Crippen molar-refractivity contribution in [2.45, 2.75) is 51.5 Å². The summed E-state index contributed by atoms with van der Waals surface area (Å²) in [5.41, 5.74) is 5.46. The van der Waals surface area contributed by atoms with Gasteiger partial charge in [0.15, 0.2) is 0 Å². The minimum atomic E-state index is -0.562. The molecule has 82 valence electrons. The molecule has 1 saturated carbocycles. The monoisotopic (exact) mass is 198 g/mol. The normalized spacial score (nSPS) is 21.9. The lowest BCUT2D eigenvalue weighted by molar-refractivity contribution is -0.126. The molecule has 1 aliphatic rings. The maximum absolute atomic E-state index is 11.8. The summed E-state index contributed by atoms with van der Waals surface area (Å²) in [5.74, 6) is 0.597. The summed E-state index contributed by atoms with van der Waals surface area (Å²) < 4.78 is 0. The van der Waals surface area contributed by atoms with Gasteiger partial charge in [0.1, 0.15) is 0 Å². The molecule has 0 radical (unpaired) electrons. The van der Waals surface area contributed by atoms with Crippen LogP contribution in [0.4, 0.5) is 0 Å². The fourth-order valence-corrected chi connectivity index (χ4v) is 1.82. The summed E-state index contributed by atoms with van der Waals surface area (Å²) in [4.78, 5) is 11.8. The summed E-state index contributed by atoms with van der Waals surface area (Å²) >= 11 is 0. The number of hydrogen-bond acceptors (Lipinski definition) is 2. The molecule has 1 amide bonds. The van der Waals surface area contributed by atoms with Crippen LogP contribution in [-0.2, 0) is 4.79 Å². The predicted octanol–water partition coefficient (Wildman–Crippen LogP) is 1.42. The summed E-state index contributed by atoms with van der Waals surface area (Å²) in [6.07, 6.45) is 4.97. The van der Waals surface area contributed by atoms with Crippen LogP contribution in [0.1, 0.15) is 46.0 Å². The average Bonchev–Trinajstić information content (AvgIpc) is 2.62. The van der Waals surface area contributed by atoms with Gasteiger partial charge in [0.05, 0.1) is 5.54 Å². The second kappa shape index (κ2) is 4.78. The Labute approximate surface area is 86.4 Å². The standard InChI is InChI=1S/C11H22N2O/c1-3-9(2)8-13-10(14)11(12)6-4-5-7-11/h9H,3-8,12H2,1-2H3,(H,13,14). The zero-order valence-electron chi connectivity index (χ0n) is 9.31. The average molecular weight is 198 g/mol. The second-order valence-electron chi connectivity index (χ2n) is 4.59. The molecule has 0 heterocycles. The largest absolute Gasteiger partial charge is 0.354 e. The highest BCUT2D eigenvalue weighted by atomic mass is 16.2. The quantitative estimate of drug-likeness (QED) is 0.718. The van der Waals surface area contributed by atoms with Crippen molar-refractivity contribution in [1.82, 2.24) is 5.32 Å². The molecule has 14 heavy (non-hydrogen) atoms. The van der Waals surface area contributed by atoms with Gasteiger partial charge in [0, 0.05) is 6.54 Å². The molecule has 3 N–H and O–H groups in total. The first-order chi connectivity index (χ1) is 6.58. The Morgan fingerprint density at radius 3 is 2.57 bits per heavy atom. The Morgan fingerprint density at radius 2 is 2.07 bits per heavy atom. The van der Waals surface area contributed by atoms with E-state index in [2.05, 4.69) is 19.2 Å². The molecule has 0 aliphatic heterocycles. The van der Waals surface area contributed by atoms with E-state index >= 15 is 0 Å². The van der Waals surface area contributed by atoms with Crippen LogP contribution < -0.4 is 11.1 Å². The first-order valence-corrected chi connectivity index (χ1v) is 5.65. The number of rotatable bonds is 4. The summed E-state index contributed by atoms with van der Waals surface area (Å²) in [6, 6.07) is 0. The third kappa shape index (κ3) is 2.71. The molecule has 0 saturated heterocycles. The minimum Gasteiger partial charge on any atom is -0.354 e. The molecular formula is C11H22N2O. The van der Waals surface area contributed by atoms with Gasteiger partial charge in [-0.15, -0.1) is 0 Å². The fraction of sp³-hybridized carbons (Fsp3) is 0.909. The van der Waals surface area contributed by atoms with E-state index < -0.39 is 5.54 Å². The van der Waals surface area contributed by atoms with E-state index in [4.69, 9.17) is 5.73 Å². The molecule has 0 bridgehead atoms. The molecule has 1 aliphatic carbocycles. The van der Waals surface area contributed by atoms with Crippen LogP contribution in [0.25, 0.3) is 0 Å². The van der Waals surface area contributed by atoms with Crippen molar-refractivity contribution in [2.24, 2.45) is 11.7 Å². The van der Waals surface area contributed by atoms with Crippen LogP contribution in [0.5, 0.6) is 0 Å². The highest BCUT2D eigenvalue weighted by Gasteiger charge is 2.36. The maximum atomic E-state index is 11.8. The third-order valence-corrected chi connectivity index (χ3v) is 3.26. The van der Waals surface area contributed by atoms with Gasteiger partial charge in [-0.2, -0.15) is 0 Å². The maximum Gasteiger partial charge on any atom is 0.240 e. The summed E-state index contributed by atoms with van der Waals surface area (Å²) in [7, 11) is 0. The molecule has 1 rings (SSSR count). The predicted molar refractivity (Wildman–Crippen MR) is 57.9 cm³/mol. The van der Waals surface area contributed by atoms with Crippen molar-refractivity contribution >= 4 is 5.91 Å². The van der Waals surface area contributed by atoms with E-state index in [-0.39, 0.29) is 5.91 Å². The molecule has 1 fully saturated rings. The Kier molecular flexibility index (Phi) is 3.93. The van der Waals surface area contributed by atoms with Gasteiger partial charge < -0.3 is 11.1 Å². The molecular weight excluding hydrogens is 176 g/mol. The first-order valence-electron chi connectivity index (χ1n) is 5.65. The molecule has 1 atom stereocenters. The first kappa shape index (κ1) is 11.5. The lowest BCUT2D eigenvalue weighted by Gasteiger charge is -2.23. The van der Waals surface area contributed by atoms with E-state index in [0.29, 0.717) is 5.92 Å². The molecule has 3 heteroatoms. The minimum absolute atomic E-state index is 0.0512. The zero-order valence-corrected chi connectivity index (χ0v) is 9.31. The fourth-order valence-electron chi connectivity index (χ4n) is 1.82. The Balaban J connectivity index is 2.34. The molecule has 0 spiro atoms. The SMILES string of the molecule is CCC(C)CNC(=O)C1(N)CCCC1. The lowest BCUT2D eigenvalue weighted by atomic mass is 9.97. The van der Waals surface area contributed by atoms with Gasteiger partial charge in [-0.25, -0.2) is 0 Å². The van der Waals surface area contributed by atoms with Crippen LogP contribution in [-0.4, -0.2) is 18.0 Å². The molecule has 0 aromatic heterocycles. The molecule has 0 aromatic rings. The van der Waals surface area contributed by atoms with Crippen molar-refractivity contribution in [1.29, 1.82) is 0 Å². The topological polar surface area (TPSA) is 55.1 Å². The molecule has 1 unspecified atom stereocenters.